The summed E-state index contributed by atoms with van der Waals surface area (Å²) in [5.74, 6) is 0.163. The molecule has 3 rings (SSSR count). The van der Waals surface area contributed by atoms with Crippen molar-refractivity contribution < 1.29 is 14.3 Å². The number of nitrogens with zero attached hydrogens (tertiary/aromatic N) is 4. The van der Waals surface area contributed by atoms with E-state index in [0.717, 1.165) is 32.2 Å². The Labute approximate surface area is 130 Å². The number of hydrogen-bond donors (Lipinski definition) is 0. The van der Waals surface area contributed by atoms with Gasteiger partial charge in [0.05, 0.1) is 24.3 Å². The van der Waals surface area contributed by atoms with Gasteiger partial charge < -0.3 is 14.4 Å². The quantitative estimate of drug-likeness (QED) is 0.807. The van der Waals surface area contributed by atoms with E-state index in [-0.39, 0.29) is 23.7 Å². The summed E-state index contributed by atoms with van der Waals surface area (Å²) >= 11 is 0. The van der Waals surface area contributed by atoms with Gasteiger partial charge >= 0.3 is 0 Å². The molecule has 22 heavy (non-hydrogen) atoms. The molecule has 2 aliphatic rings. The third-order valence-corrected chi connectivity index (χ3v) is 5.22. The first-order valence-corrected chi connectivity index (χ1v) is 7.88. The molecule has 2 fully saturated rings. The van der Waals surface area contributed by atoms with Crippen LogP contribution in [-0.4, -0.2) is 64.1 Å². The van der Waals surface area contributed by atoms with Crippen LogP contribution in [0.25, 0.3) is 0 Å². The summed E-state index contributed by atoms with van der Waals surface area (Å²) in [6.07, 6.45) is 7.52. The normalized spacial score (nSPS) is 31.3. The van der Waals surface area contributed by atoms with E-state index in [9.17, 15) is 4.79 Å². The Balaban J connectivity index is 1.66. The Bertz CT molecular complexity index is 507. The Morgan fingerprint density at radius 1 is 1.41 bits per heavy atom. The second kappa shape index (κ2) is 6.34. The monoisotopic (exact) mass is 308 g/mol. The summed E-state index contributed by atoms with van der Waals surface area (Å²) in [5, 5.41) is 4.04. The molecule has 1 aliphatic carbocycles. The van der Waals surface area contributed by atoms with Crippen molar-refractivity contribution in [3.63, 3.8) is 0 Å². The van der Waals surface area contributed by atoms with Gasteiger partial charge in [-0.25, -0.2) is 4.98 Å². The third-order valence-electron chi connectivity index (χ3n) is 5.22. The summed E-state index contributed by atoms with van der Waals surface area (Å²) in [6, 6.07) is 0.124. The van der Waals surface area contributed by atoms with E-state index in [1.54, 1.807) is 25.2 Å². The predicted octanol–water partition coefficient (Wildman–Crippen LogP) is 0.853. The number of methoxy groups -OCH3 is 2. The molecule has 1 aliphatic heterocycles. The number of ether oxygens (including phenoxy) is 2. The average Bonchev–Trinajstić information content (AvgIpc) is 3.19. The molecule has 1 aromatic heterocycles. The molecule has 122 valence electrons. The first kappa shape index (κ1) is 15.4. The van der Waals surface area contributed by atoms with Crippen molar-refractivity contribution in [3.05, 3.63) is 12.7 Å². The van der Waals surface area contributed by atoms with Crippen LogP contribution in [0.4, 0.5) is 0 Å². The van der Waals surface area contributed by atoms with Gasteiger partial charge in [0, 0.05) is 27.2 Å². The van der Waals surface area contributed by atoms with Crippen LogP contribution in [0.5, 0.6) is 0 Å². The van der Waals surface area contributed by atoms with Crippen LogP contribution in [0.1, 0.15) is 32.1 Å². The zero-order valence-corrected chi connectivity index (χ0v) is 13.3. The Morgan fingerprint density at radius 2 is 2.27 bits per heavy atom. The lowest BCUT2D eigenvalue weighted by molar-refractivity contribution is -0.141. The summed E-state index contributed by atoms with van der Waals surface area (Å²) in [4.78, 5) is 18.5. The van der Waals surface area contributed by atoms with Gasteiger partial charge in [-0.3, -0.25) is 9.48 Å². The Hall–Kier alpha value is -1.47. The smallest absolute Gasteiger partial charge is 0.224 e. The largest absolute Gasteiger partial charge is 0.381 e. The highest BCUT2D eigenvalue weighted by Gasteiger charge is 2.52. The number of aromatic nitrogens is 3. The minimum atomic E-state index is -0.183. The summed E-state index contributed by atoms with van der Waals surface area (Å²) < 4.78 is 13.1. The third kappa shape index (κ3) is 2.75. The summed E-state index contributed by atoms with van der Waals surface area (Å²) in [6.45, 7) is 1.33. The predicted molar refractivity (Wildman–Crippen MR) is 79.1 cm³/mol. The van der Waals surface area contributed by atoms with Crippen molar-refractivity contribution in [2.24, 2.45) is 0 Å². The fourth-order valence-electron chi connectivity index (χ4n) is 3.88. The molecule has 7 heteroatoms. The number of carbonyl (C=O) groups excluding carboxylic acids is 1. The van der Waals surface area contributed by atoms with Crippen molar-refractivity contribution in [2.45, 2.75) is 56.4 Å². The average molecular weight is 308 g/mol. The topological polar surface area (TPSA) is 69.5 Å². The van der Waals surface area contributed by atoms with Crippen LogP contribution in [0, 0.1) is 0 Å². The molecule has 0 N–H and O–H groups in total. The lowest BCUT2D eigenvalue weighted by atomic mass is 9.79. The molecule has 3 atom stereocenters. The zero-order valence-electron chi connectivity index (χ0n) is 13.3. The van der Waals surface area contributed by atoms with E-state index < -0.39 is 0 Å². The highest BCUT2D eigenvalue weighted by molar-refractivity contribution is 5.77. The van der Waals surface area contributed by atoms with Crippen LogP contribution in [-0.2, 0) is 20.8 Å². The number of rotatable bonds is 5. The Kier molecular flexibility index (Phi) is 4.44. The van der Waals surface area contributed by atoms with Gasteiger partial charge in [-0.1, -0.05) is 0 Å². The van der Waals surface area contributed by atoms with Crippen LogP contribution in [0.15, 0.2) is 12.7 Å². The molecule has 1 saturated carbocycles. The van der Waals surface area contributed by atoms with E-state index >= 15 is 0 Å². The molecule has 0 radical (unpaired) electrons. The van der Waals surface area contributed by atoms with E-state index in [2.05, 4.69) is 10.1 Å². The van der Waals surface area contributed by atoms with Crippen molar-refractivity contribution in [2.75, 3.05) is 20.8 Å². The standard InChI is InChI=1S/C15H24N4O3/c1-21-12-3-5-15(22-2)6-8-19(13(15)9-12)14(20)4-7-18-11-16-10-17-18/h10-13H,3-9H2,1-2H3/t12-,13+,15-/m1/s1. The van der Waals surface area contributed by atoms with Gasteiger partial charge in [-0.15, -0.1) is 0 Å². The Morgan fingerprint density at radius 3 is 2.95 bits per heavy atom. The summed E-state index contributed by atoms with van der Waals surface area (Å²) in [5.41, 5.74) is -0.183. The van der Waals surface area contributed by atoms with Gasteiger partial charge in [0.25, 0.3) is 0 Å². The molecule has 0 aromatic carbocycles. The van der Waals surface area contributed by atoms with E-state index in [4.69, 9.17) is 9.47 Å². The lowest BCUT2D eigenvalue weighted by Crippen LogP contribution is -2.53. The molecule has 0 unspecified atom stereocenters. The highest BCUT2D eigenvalue weighted by atomic mass is 16.5. The molecule has 1 amide bonds. The molecular weight excluding hydrogens is 284 g/mol. The van der Waals surface area contributed by atoms with Crippen molar-refractivity contribution in [1.82, 2.24) is 19.7 Å². The second-order valence-electron chi connectivity index (χ2n) is 6.16. The van der Waals surface area contributed by atoms with E-state index in [0.29, 0.717) is 13.0 Å². The zero-order chi connectivity index (χ0) is 15.6. The first-order chi connectivity index (χ1) is 10.7. The summed E-state index contributed by atoms with van der Waals surface area (Å²) in [7, 11) is 3.51. The number of aryl methyl sites for hydroxylation is 1. The minimum Gasteiger partial charge on any atom is -0.381 e. The minimum absolute atomic E-state index is 0.124. The van der Waals surface area contributed by atoms with Gasteiger partial charge in [0.15, 0.2) is 0 Å². The van der Waals surface area contributed by atoms with Crippen LogP contribution in [0.3, 0.4) is 0 Å². The van der Waals surface area contributed by atoms with Gasteiger partial charge in [-0.05, 0) is 25.7 Å². The fourth-order valence-corrected chi connectivity index (χ4v) is 3.88. The van der Waals surface area contributed by atoms with Crippen LogP contribution >= 0.6 is 0 Å². The number of likely N-dealkylation sites (tertiary alicyclic amines) is 1. The van der Waals surface area contributed by atoms with Crippen molar-refractivity contribution in [3.8, 4) is 0 Å². The molecule has 2 heterocycles. The van der Waals surface area contributed by atoms with Gasteiger partial charge in [0.2, 0.25) is 5.91 Å². The molecule has 1 saturated heterocycles. The number of hydrogen-bond acceptors (Lipinski definition) is 5. The maximum atomic E-state index is 12.6. The highest BCUT2D eigenvalue weighted by Crippen LogP contribution is 2.43. The maximum Gasteiger partial charge on any atom is 0.224 e. The lowest BCUT2D eigenvalue weighted by Gasteiger charge is -2.43. The SMILES string of the molecule is CO[C@@H]1CC[C@@]2(OC)CCN(C(=O)CCn3cncn3)[C@H]2C1. The first-order valence-electron chi connectivity index (χ1n) is 7.88. The number of fused-ring (bicyclic) bond motifs is 1. The molecule has 0 bridgehead atoms. The van der Waals surface area contributed by atoms with Crippen molar-refractivity contribution >= 4 is 5.91 Å². The van der Waals surface area contributed by atoms with E-state index in [1.165, 1.54) is 6.33 Å². The molecule has 1 aromatic rings. The molecule has 7 nitrogen and oxygen atoms in total. The van der Waals surface area contributed by atoms with Crippen LogP contribution < -0.4 is 0 Å². The number of carbonyl (C=O) groups is 1. The van der Waals surface area contributed by atoms with Gasteiger partial charge in [0.1, 0.15) is 12.7 Å². The molecular formula is C15H24N4O3. The van der Waals surface area contributed by atoms with Crippen molar-refractivity contribution in [1.29, 1.82) is 0 Å². The van der Waals surface area contributed by atoms with Crippen LogP contribution in [0.2, 0.25) is 0 Å². The maximum absolute atomic E-state index is 12.6. The number of amides is 1. The van der Waals surface area contributed by atoms with Gasteiger partial charge in [-0.2, -0.15) is 5.10 Å². The second-order valence-corrected chi connectivity index (χ2v) is 6.16. The van der Waals surface area contributed by atoms with E-state index in [1.807, 2.05) is 4.90 Å². The molecule has 0 spiro atoms. The fraction of sp³-hybridized carbons (Fsp3) is 0.800.